The van der Waals surface area contributed by atoms with Gasteiger partial charge in [0.25, 0.3) is 0 Å². The molecular formula is C12H25NO2. The molecule has 0 aromatic carbocycles. The molecular weight excluding hydrogens is 190 g/mol. The molecule has 0 saturated carbocycles. The first-order chi connectivity index (χ1) is 7.27. The van der Waals surface area contributed by atoms with Gasteiger partial charge in [-0.05, 0) is 39.4 Å². The summed E-state index contributed by atoms with van der Waals surface area (Å²) in [7, 11) is 0. The zero-order chi connectivity index (χ0) is 11.7. The van der Waals surface area contributed by atoms with Gasteiger partial charge in [0, 0.05) is 0 Å². The Morgan fingerprint density at radius 1 is 1.27 bits per heavy atom. The maximum Gasteiger partial charge on any atom is 0.309 e. The van der Waals surface area contributed by atoms with Gasteiger partial charge in [-0.2, -0.15) is 0 Å². The molecule has 0 amide bonds. The maximum atomic E-state index is 11.4. The van der Waals surface area contributed by atoms with Crippen molar-refractivity contribution in [2.45, 2.75) is 40.5 Å². The summed E-state index contributed by atoms with van der Waals surface area (Å²) < 4.78 is 4.99. The molecule has 3 heteroatoms. The average molecular weight is 215 g/mol. The fraction of sp³-hybridized carbons (Fsp3) is 0.917. The smallest absolute Gasteiger partial charge is 0.309 e. The number of hydrogen-bond acceptors (Lipinski definition) is 3. The maximum absolute atomic E-state index is 11.4. The fourth-order valence-corrected chi connectivity index (χ4v) is 1.75. The van der Waals surface area contributed by atoms with Crippen LogP contribution in [-0.2, 0) is 9.53 Å². The summed E-state index contributed by atoms with van der Waals surface area (Å²) in [5, 5.41) is 0. The molecule has 0 radical (unpaired) electrons. The summed E-state index contributed by atoms with van der Waals surface area (Å²) in [5.74, 6) is 0.154. The van der Waals surface area contributed by atoms with Crippen molar-refractivity contribution in [1.29, 1.82) is 0 Å². The van der Waals surface area contributed by atoms with E-state index in [0.29, 0.717) is 6.61 Å². The first kappa shape index (κ1) is 14.4. The van der Waals surface area contributed by atoms with E-state index in [9.17, 15) is 4.79 Å². The van der Waals surface area contributed by atoms with Crippen LogP contribution >= 0.6 is 0 Å². The van der Waals surface area contributed by atoms with Crippen LogP contribution in [0.15, 0.2) is 0 Å². The Bertz CT molecular complexity index is 163. The Morgan fingerprint density at radius 3 is 2.20 bits per heavy atom. The first-order valence-electron chi connectivity index (χ1n) is 6.16. The number of rotatable bonds is 3. The van der Waals surface area contributed by atoms with E-state index in [-0.39, 0.29) is 11.9 Å². The number of carbonyl (C=O) groups excluding carboxylic acids is 1. The molecule has 1 aliphatic rings. The topological polar surface area (TPSA) is 29.5 Å². The van der Waals surface area contributed by atoms with Crippen molar-refractivity contribution in [1.82, 2.24) is 4.90 Å². The summed E-state index contributed by atoms with van der Waals surface area (Å²) in [6, 6.07) is 0. The number of esters is 1. The van der Waals surface area contributed by atoms with Gasteiger partial charge >= 0.3 is 5.97 Å². The van der Waals surface area contributed by atoms with Crippen LogP contribution in [0.2, 0.25) is 0 Å². The molecule has 1 fully saturated rings. The number of ether oxygens (including phenoxy) is 1. The van der Waals surface area contributed by atoms with Gasteiger partial charge in [-0.25, -0.2) is 0 Å². The summed E-state index contributed by atoms with van der Waals surface area (Å²) >= 11 is 0. The van der Waals surface area contributed by atoms with E-state index in [0.717, 1.165) is 32.5 Å². The molecule has 1 rings (SSSR count). The zero-order valence-electron chi connectivity index (χ0n) is 10.6. The van der Waals surface area contributed by atoms with Crippen LogP contribution in [0.4, 0.5) is 0 Å². The second-order valence-corrected chi connectivity index (χ2v) is 3.46. The minimum atomic E-state index is -0.00162. The van der Waals surface area contributed by atoms with Gasteiger partial charge < -0.3 is 9.64 Å². The van der Waals surface area contributed by atoms with E-state index in [4.69, 9.17) is 4.74 Å². The molecule has 0 spiro atoms. The van der Waals surface area contributed by atoms with Gasteiger partial charge in [0.1, 0.15) is 0 Å². The molecule has 0 unspecified atom stereocenters. The summed E-state index contributed by atoms with van der Waals surface area (Å²) in [6.07, 6.45) is 1.93. The van der Waals surface area contributed by atoms with Crippen molar-refractivity contribution in [2.24, 2.45) is 5.92 Å². The van der Waals surface area contributed by atoms with Crippen LogP contribution in [0.1, 0.15) is 40.5 Å². The van der Waals surface area contributed by atoms with Crippen molar-refractivity contribution < 1.29 is 9.53 Å². The van der Waals surface area contributed by atoms with Crippen LogP contribution < -0.4 is 0 Å². The molecule has 0 atom stereocenters. The minimum absolute atomic E-state index is 0.00162. The monoisotopic (exact) mass is 215 g/mol. The van der Waals surface area contributed by atoms with Crippen LogP contribution in [0, 0.1) is 5.92 Å². The van der Waals surface area contributed by atoms with Crippen molar-refractivity contribution in [2.75, 3.05) is 26.2 Å². The van der Waals surface area contributed by atoms with Gasteiger partial charge in [0.2, 0.25) is 0 Å². The molecule has 1 heterocycles. The van der Waals surface area contributed by atoms with Crippen molar-refractivity contribution in [3.63, 3.8) is 0 Å². The van der Waals surface area contributed by atoms with Crippen LogP contribution in [0.25, 0.3) is 0 Å². The van der Waals surface area contributed by atoms with E-state index in [1.54, 1.807) is 0 Å². The zero-order valence-corrected chi connectivity index (χ0v) is 10.6. The Morgan fingerprint density at radius 2 is 1.80 bits per heavy atom. The lowest BCUT2D eigenvalue weighted by Crippen LogP contribution is -2.36. The van der Waals surface area contributed by atoms with Gasteiger partial charge in [-0.3, -0.25) is 4.79 Å². The summed E-state index contributed by atoms with van der Waals surface area (Å²) in [5.41, 5.74) is 0. The lowest BCUT2D eigenvalue weighted by atomic mass is 9.97. The van der Waals surface area contributed by atoms with E-state index in [1.165, 1.54) is 0 Å². The molecule has 90 valence electrons. The highest BCUT2D eigenvalue weighted by Gasteiger charge is 2.24. The van der Waals surface area contributed by atoms with E-state index in [1.807, 2.05) is 20.8 Å². The number of carbonyl (C=O) groups is 1. The van der Waals surface area contributed by atoms with Gasteiger partial charge in [0.15, 0.2) is 0 Å². The Labute approximate surface area is 93.8 Å². The second-order valence-electron chi connectivity index (χ2n) is 3.46. The quantitative estimate of drug-likeness (QED) is 0.677. The molecule has 1 aliphatic heterocycles. The fourth-order valence-electron chi connectivity index (χ4n) is 1.75. The van der Waals surface area contributed by atoms with Crippen molar-refractivity contribution in [3.05, 3.63) is 0 Å². The molecule has 15 heavy (non-hydrogen) atoms. The van der Waals surface area contributed by atoms with Crippen molar-refractivity contribution in [3.8, 4) is 0 Å². The van der Waals surface area contributed by atoms with Crippen LogP contribution in [-0.4, -0.2) is 37.1 Å². The van der Waals surface area contributed by atoms with Gasteiger partial charge in [-0.1, -0.05) is 20.8 Å². The first-order valence-corrected chi connectivity index (χ1v) is 6.16. The van der Waals surface area contributed by atoms with Crippen LogP contribution in [0.3, 0.4) is 0 Å². The van der Waals surface area contributed by atoms with E-state index in [2.05, 4.69) is 11.8 Å². The Kier molecular flexibility index (Phi) is 8.38. The molecule has 0 N–H and O–H groups in total. The minimum Gasteiger partial charge on any atom is -0.466 e. The molecule has 0 aromatic rings. The highest BCUT2D eigenvalue weighted by Crippen LogP contribution is 2.17. The Balaban J connectivity index is 0.000000921. The average Bonchev–Trinajstić information content (AvgIpc) is 2.32. The Hall–Kier alpha value is -0.570. The van der Waals surface area contributed by atoms with Crippen LogP contribution in [0.5, 0.6) is 0 Å². The highest BCUT2D eigenvalue weighted by atomic mass is 16.5. The number of likely N-dealkylation sites (tertiary alicyclic amines) is 1. The van der Waals surface area contributed by atoms with E-state index < -0.39 is 0 Å². The summed E-state index contributed by atoms with van der Waals surface area (Å²) in [6.45, 7) is 11.7. The standard InChI is InChI=1S/C10H19NO2.C2H6/c1-3-11-7-5-9(6-8-11)10(12)13-4-2;1-2/h9H,3-8H2,1-2H3;1-2H3. The normalized spacial score (nSPS) is 17.9. The molecule has 0 aliphatic carbocycles. The van der Waals surface area contributed by atoms with E-state index >= 15 is 0 Å². The highest BCUT2D eigenvalue weighted by molar-refractivity contribution is 5.72. The molecule has 3 nitrogen and oxygen atoms in total. The predicted octanol–water partition coefficient (Wildman–Crippen LogP) is 2.31. The number of nitrogens with zero attached hydrogens (tertiary/aromatic N) is 1. The van der Waals surface area contributed by atoms with Gasteiger partial charge in [-0.15, -0.1) is 0 Å². The molecule has 0 aromatic heterocycles. The number of piperidine rings is 1. The van der Waals surface area contributed by atoms with Gasteiger partial charge in [0.05, 0.1) is 12.5 Å². The third-order valence-electron chi connectivity index (χ3n) is 2.65. The SMILES string of the molecule is CC.CCOC(=O)C1CCN(CC)CC1. The second kappa shape index (κ2) is 8.72. The largest absolute Gasteiger partial charge is 0.466 e. The third kappa shape index (κ3) is 5.17. The third-order valence-corrected chi connectivity index (χ3v) is 2.65. The molecule has 0 bridgehead atoms. The van der Waals surface area contributed by atoms with Crippen molar-refractivity contribution >= 4 is 5.97 Å². The summed E-state index contributed by atoms with van der Waals surface area (Å²) in [4.78, 5) is 13.7. The predicted molar refractivity (Wildman–Crippen MR) is 62.8 cm³/mol. The lowest BCUT2D eigenvalue weighted by Gasteiger charge is -2.29. The molecule has 1 saturated heterocycles. The lowest BCUT2D eigenvalue weighted by molar-refractivity contribution is -0.149. The number of hydrogen-bond donors (Lipinski definition) is 0.